The van der Waals surface area contributed by atoms with Gasteiger partial charge in [0.25, 0.3) is 0 Å². The van der Waals surface area contributed by atoms with Gasteiger partial charge in [0.2, 0.25) is 5.91 Å². The summed E-state index contributed by atoms with van der Waals surface area (Å²) >= 11 is 0. The lowest BCUT2D eigenvalue weighted by Crippen LogP contribution is -2.56. The average Bonchev–Trinajstić information content (AvgIpc) is 2.78. The highest BCUT2D eigenvalue weighted by molar-refractivity contribution is 7.85. The maximum absolute atomic E-state index is 13.2. The molecule has 4 nitrogen and oxygen atoms in total. The van der Waals surface area contributed by atoms with Crippen LogP contribution in [0, 0.1) is 5.41 Å². The van der Waals surface area contributed by atoms with E-state index in [9.17, 15) is 22.2 Å². The minimum atomic E-state index is -4.54. The van der Waals surface area contributed by atoms with Crippen LogP contribution >= 0.6 is 0 Å². The van der Waals surface area contributed by atoms with Crippen molar-refractivity contribution in [1.82, 2.24) is 10.2 Å². The Hall–Kier alpha value is -0.630. The summed E-state index contributed by atoms with van der Waals surface area (Å²) in [5.41, 5.74) is -2.29. The highest BCUT2D eigenvalue weighted by atomic mass is 32.2. The van der Waals surface area contributed by atoms with Crippen LogP contribution in [0.1, 0.15) is 6.42 Å². The van der Waals surface area contributed by atoms with Crippen molar-refractivity contribution >= 4 is 16.7 Å². The van der Waals surface area contributed by atoms with Gasteiger partial charge in [-0.25, -0.2) is 0 Å². The van der Waals surface area contributed by atoms with Crippen LogP contribution in [0.25, 0.3) is 0 Å². The number of nitrogens with one attached hydrogen (secondary N) is 1. The van der Waals surface area contributed by atoms with E-state index >= 15 is 0 Å². The SMILES string of the molecule is O=C(N1CCS(=O)CC1)C1(C(F)(F)F)CCNC1. The number of hydrogen-bond donors (Lipinski definition) is 1. The van der Waals surface area contributed by atoms with Crippen molar-refractivity contribution in [2.45, 2.75) is 12.6 Å². The summed E-state index contributed by atoms with van der Waals surface area (Å²) in [6, 6.07) is 0. The monoisotopic (exact) mass is 284 g/mol. The summed E-state index contributed by atoms with van der Waals surface area (Å²) in [6.45, 7) is 0.159. The molecule has 0 saturated carbocycles. The molecule has 1 unspecified atom stereocenters. The number of amides is 1. The molecule has 0 aromatic carbocycles. The molecule has 1 amide bonds. The topological polar surface area (TPSA) is 49.4 Å². The zero-order chi connectivity index (χ0) is 13.4. The fourth-order valence-electron chi connectivity index (χ4n) is 2.38. The predicted molar refractivity (Wildman–Crippen MR) is 60.4 cm³/mol. The third-order valence-electron chi connectivity index (χ3n) is 3.57. The minimum absolute atomic E-state index is 0.156. The molecular formula is C10H15F3N2O2S. The zero-order valence-corrected chi connectivity index (χ0v) is 10.6. The molecule has 2 saturated heterocycles. The zero-order valence-electron chi connectivity index (χ0n) is 9.76. The van der Waals surface area contributed by atoms with E-state index in [1.807, 2.05) is 0 Å². The Balaban J connectivity index is 2.17. The summed E-state index contributed by atoms with van der Waals surface area (Å²) in [5.74, 6) is -0.322. The summed E-state index contributed by atoms with van der Waals surface area (Å²) in [6.07, 6.45) is -4.75. The van der Waals surface area contributed by atoms with E-state index in [2.05, 4.69) is 5.32 Å². The first kappa shape index (κ1) is 13.8. The van der Waals surface area contributed by atoms with Crippen molar-refractivity contribution < 1.29 is 22.2 Å². The van der Waals surface area contributed by atoms with Crippen LogP contribution < -0.4 is 5.32 Å². The number of rotatable bonds is 1. The van der Waals surface area contributed by atoms with Crippen LogP contribution in [-0.4, -0.2) is 58.9 Å². The van der Waals surface area contributed by atoms with Crippen LogP contribution in [0.2, 0.25) is 0 Å². The Kier molecular flexibility index (Phi) is 3.68. The Bertz CT molecular complexity index is 357. The summed E-state index contributed by atoms with van der Waals surface area (Å²) in [4.78, 5) is 13.4. The lowest BCUT2D eigenvalue weighted by atomic mass is 9.84. The second-order valence-corrected chi connectivity index (χ2v) is 6.34. The molecule has 2 rings (SSSR count). The van der Waals surface area contributed by atoms with Gasteiger partial charge in [0.05, 0.1) is 0 Å². The Labute approximate surface area is 105 Å². The predicted octanol–water partition coefficient (Wildman–Crippen LogP) is 0.119. The molecule has 8 heteroatoms. The number of halogens is 3. The number of hydrogen-bond acceptors (Lipinski definition) is 3. The normalized spacial score (nSPS) is 30.7. The van der Waals surface area contributed by atoms with E-state index in [1.165, 1.54) is 4.90 Å². The van der Waals surface area contributed by atoms with Gasteiger partial charge in [0.1, 0.15) is 0 Å². The third-order valence-corrected chi connectivity index (χ3v) is 4.85. The van der Waals surface area contributed by atoms with Crippen molar-refractivity contribution in [3.8, 4) is 0 Å². The molecule has 2 heterocycles. The highest BCUT2D eigenvalue weighted by Crippen LogP contribution is 2.44. The van der Waals surface area contributed by atoms with Gasteiger partial charge >= 0.3 is 6.18 Å². The van der Waals surface area contributed by atoms with Gasteiger partial charge in [0.15, 0.2) is 5.41 Å². The summed E-state index contributed by atoms with van der Waals surface area (Å²) < 4.78 is 50.6. The lowest BCUT2D eigenvalue weighted by Gasteiger charge is -2.36. The maximum Gasteiger partial charge on any atom is 0.404 e. The van der Waals surface area contributed by atoms with Gasteiger partial charge in [-0.1, -0.05) is 0 Å². The summed E-state index contributed by atoms with van der Waals surface area (Å²) in [7, 11) is -1.00. The number of alkyl halides is 3. The first-order valence-electron chi connectivity index (χ1n) is 5.79. The molecule has 0 aromatic heterocycles. The largest absolute Gasteiger partial charge is 0.404 e. The van der Waals surface area contributed by atoms with E-state index in [0.29, 0.717) is 0 Å². The standard InChI is InChI=1S/C10H15F3N2O2S/c11-10(12,13)9(1-2-14-7-9)8(16)15-3-5-18(17)6-4-15/h14H,1-7H2. The molecule has 2 aliphatic rings. The van der Waals surface area contributed by atoms with Gasteiger partial charge < -0.3 is 10.2 Å². The van der Waals surface area contributed by atoms with Crippen molar-refractivity contribution in [2.75, 3.05) is 37.7 Å². The van der Waals surface area contributed by atoms with E-state index < -0.39 is 28.3 Å². The van der Waals surface area contributed by atoms with Crippen LogP contribution in [0.4, 0.5) is 13.2 Å². The molecule has 18 heavy (non-hydrogen) atoms. The minimum Gasteiger partial charge on any atom is -0.340 e. The molecule has 2 aliphatic heterocycles. The van der Waals surface area contributed by atoms with E-state index in [4.69, 9.17) is 0 Å². The van der Waals surface area contributed by atoms with Crippen molar-refractivity contribution in [2.24, 2.45) is 5.41 Å². The van der Waals surface area contributed by atoms with Gasteiger partial charge in [-0.05, 0) is 13.0 Å². The number of nitrogens with zero attached hydrogens (tertiary/aromatic N) is 1. The molecule has 0 radical (unpaired) electrons. The van der Waals surface area contributed by atoms with Crippen molar-refractivity contribution in [3.63, 3.8) is 0 Å². The van der Waals surface area contributed by atoms with Crippen LogP contribution in [0.5, 0.6) is 0 Å². The second-order valence-electron chi connectivity index (χ2n) is 4.65. The molecule has 0 spiro atoms. The van der Waals surface area contributed by atoms with Gasteiger partial charge in [-0.15, -0.1) is 0 Å². The molecule has 104 valence electrons. The average molecular weight is 284 g/mol. The van der Waals surface area contributed by atoms with Gasteiger partial charge in [-0.2, -0.15) is 13.2 Å². The van der Waals surface area contributed by atoms with E-state index in [1.54, 1.807) is 0 Å². The van der Waals surface area contributed by atoms with E-state index in [-0.39, 0.29) is 44.1 Å². The Morgan fingerprint density at radius 3 is 2.33 bits per heavy atom. The summed E-state index contributed by atoms with van der Waals surface area (Å²) in [5, 5.41) is 2.62. The first-order chi connectivity index (χ1) is 8.37. The Morgan fingerprint density at radius 1 is 1.28 bits per heavy atom. The first-order valence-corrected chi connectivity index (χ1v) is 7.27. The van der Waals surface area contributed by atoms with Crippen molar-refractivity contribution in [1.29, 1.82) is 0 Å². The van der Waals surface area contributed by atoms with Crippen molar-refractivity contribution in [3.05, 3.63) is 0 Å². The highest BCUT2D eigenvalue weighted by Gasteiger charge is 2.62. The smallest absolute Gasteiger partial charge is 0.340 e. The molecule has 0 aromatic rings. The van der Waals surface area contributed by atoms with Gasteiger partial charge in [0, 0.05) is 41.9 Å². The van der Waals surface area contributed by atoms with Crippen LogP contribution in [0.3, 0.4) is 0 Å². The molecular weight excluding hydrogens is 269 g/mol. The second kappa shape index (κ2) is 4.80. The third kappa shape index (κ3) is 2.27. The van der Waals surface area contributed by atoms with Crippen LogP contribution in [0.15, 0.2) is 0 Å². The maximum atomic E-state index is 13.2. The quantitative estimate of drug-likeness (QED) is 0.744. The number of carbonyl (C=O) groups is 1. The molecule has 2 fully saturated rings. The fraction of sp³-hybridized carbons (Fsp3) is 0.900. The molecule has 0 bridgehead atoms. The Morgan fingerprint density at radius 2 is 1.89 bits per heavy atom. The van der Waals surface area contributed by atoms with E-state index in [0.717, 1.165) is 0 Å². The molecule has 0 aliphatic carbocycles. The lowest BCUT2D eigenvalue weighted by molar-refractivity contribution is -0.221. The van der Waals surface area contributed by atoms with Crippen LogP contribution in [-0.2, 0) is 15.6 Å². The van der Waals surface area contributed by atoms with Gasteiger partial charge in [-0.3, -0.25) is 9.00 Å². The molecule has 1 atom stereocenters. The number of carbonyl (C=O) groups excluding carboxylic acids is 1. The fourth-order valence-corrected chi connectivity index (χ4v) is 3.43. The molecule has 1 N–H and O–H groups in total.